The summed E-state index contributed by atoms with van der Waals surface area (Å²) in [5, 5.41) is -0.923. The number of rotatable bonds is 4. The van der Waals surface area contributed by atoms with Gasteiger partial charge in [-0.25, -0.2) is 8.42 Å². The van der Waals surface area contributed by atoms with E-state index >= 15 is 0 Å². The molecule has 1 aromatic rings. The molecule has 0 saturated heterocycles. The Hall–Kier alpha value is -1.16. The maximum atomic E-state index is 12.1. The van der Waals surface area contributed by atoms with Crippen LogP contribution in [-0.4, -0.2) is 25.7 Å². The first-order valence-corrected chi connectivity index (χ1v) is 7.12. The van der Waals surface area contributed by atoms with Crippen molar-refractivity contribution >= 4 is 15.6 Å². The predicted molar refractivity (Wildman–Crippen MR) is 64.4 cm³/mol. The third-order valence-corrected chi connectivity index (χ3v) is 4.17. The smallest absolute Gasteiger partial charge is 0.181 e. The second-order valence-electron chi connectivity index (χ2n) is 3.91. The molecule has 3 nitrogen and oxygen atoms in total. The molecule has 0 unspecified atom stereocenters. The summed E-state index contributed by atoms with van der Waals surface area (Å²) in [5.74, 6) is -0.303. The van der Waals surface area contributed by atoms with E-state index in [-0.39, 0.29) is 5.78 Å². The standard InChI is InChI=1S/C12H16O3S/c1-4-11(16(3,14)15)12(13)10-8-6-5-7-9(10)2/h5-8,11H,4H2,1-3H3/t11-/m1/s1. The maximum Gasteiger partial charge on any atom is 0.181 e. The van der Waals surface area contributed by atoms with Crippen molar-refractivity contribution < 1.29 is 13.2 Å². The molecule has 1 atom stereocenters. The first kappa shape index (κ1) is 12.9. The van der Waals surface area contributed by atoms with Gasteiger partial charge in [0.1, 0.15) is 5.25 Å². The predicted octanol–water partition coefficient (Wildman–Crippen LogP) is 2.00. The highest BCUT2D eigenvalue weighted by Crippen LogP contribution is 2.16. The van der Waals surface area contributed by atoms with Gasteiger partial charge in [0, 0.05) is 11.8 Å². The van der Waals surface area contributed by atoms with Crippen molar-refractivity contribution in [3.05, 3.63) is 35.4 Å². The number of Topliss-reactive ketones (excluding diaryl/α,β-unsaturated/α-hetero) is 1. The van der Waals surface area contributed by atoms with E-state index in [1.165, 1.54) is 0 Å². The van der Waals surface area contributed by atoms with E-state index in [9.17, 15) is 13.2 Å². The second-order valence-corrected chi connectivity index (χ2v) is 6.13. The van der Waals surface area contributed by atoms with E-state index < -0.39 is 15.1 Å². The molecular formula is C12H16O3S. The Balaban J connectivity index is 3.16. The van der Waals surface area contributed by atoms with Crippen LogP contribution in [0.2, 0.25) is 0 Å². The van der Waals surface area contributed by atoms with E-state index in [4.69, 9.17) is 0 Å². The number of carbonyl (C=O) groups excluding carboxylic acids is 1. The van der Waals surface area contributed by atoms with E-state index in [2.05, 4.69) is 0 Å². The van der Waals surface area contributed by atoms with Crippen LogP contribution in [0.25, 0.3) is 0 Å². The highest BCUT2D eigenvalue weighted by atomic mass is 32.2. The van der Waals surface area contributed by atoms with Gasteiger partial charge < -0.3 is 0 Å². The summed E-state index contributed by atoms with van der Waals surface area (Å²) >= 11 is 0. The Kier molecular flexibility index (Phi) is 3.86. The van der Waals surface area contributed by atoms with Crippen LogP contribution in [0.1, 0.15) is 29.3 Å². The summed E-state index contributed by atoms with van der Waals surface area (Å²) in [6, 6.07) is 7.05. The molecule has 0 aliphatic carbocycles. The van der Waals surface area contributed by atoms with E-state index in [0.717, 1.165) is 11.8 Å². The zero-order valence-corrected chi connectivity index (χ0v) is 10.5. The summed E-state index contributed by atoms with van der Waals surface area (Å²) < 4.78 is 22.9. The Bertz CT molecular complexity index is 489. The largest absolute Gasteiger partial charge is 0.293 e. The normalized spacial score (nSPS) is 13.4. The van der Waals surface area contributed by atoms with Gasteiger partial charge in [-0.15, -0.1) is 0 Å². The lowest BCUT2D eigenvalue weighted by molar-refractivity contribution is 0.0985. The van der Waals surface area contributed by atoms with Crippen molar-refractivity contribution in [2.45, 2.75) is 25.5 Å². The van der Waals surface area contributed by atoms with Crippen LogP contribution in [0.3, 0.4) is 0 Å². The van der Waals surface area contributed by atoms with Crippen molar-refractivity contribution in [3.63, 3.8) is 0 Å². The molecule has 0 heterocycles. The molecule has 0 radical (unpaired) electrons. The molecule has 0 aromatic heterocycles. The topological polar surface area (TPSA) is 51.2 Å². The van der Waals surface area contributed by atoms with Crippen molar-refractivity contribution in [2.24, 2.45) is 0 Å². The van der Waals surface area contributed by atoms with Crippen LogP contribution in [0.15, 0.2) is 24.3 Å². The highest BCUT2D eigenvalue weighted by molar-refractivity contribution is 7.92. The van der Waals surface area contributed by atoms with Crippen molar-refractivity contribution in [1.29, 1.82) is 0 Å². The minimum Gasteiger partial charge on any atom is -0.293 e. The Labute approximate surface area is 96.4 Å². The number of sulfone groups is 1. The van der Waals surface area contributed by atoms with Crippen LogP contribution in [-0.2, 0) is 9.84 Å². The number of hydrogen-bond acceptors (Lipinski definition) is 3. The van der Waals surface area contributed by atoms with Crippen LogP contribution in [0.4, 0.5) is 0 Å². The molecule has 0 aliphatic heterocycles. The van der Waals surface area contributed by atoms with Crippen molar-refractivity contribution in [2.75, 3.05) is 6.26 Å². The molecule has 1 rings (SSSR count). The van der Waals surface area contributed by atoms with Crippen LogP contribution in [0, 0.1) is 6.92 Å². The van der Waals surface area contributed by atoms with Gasteiger partial charge in [0.25, 0.3) is 0 Å². The molecule has 0 fully saturated rings. The lowest BCUT2D eigenvalue weighted by Gasteiger charge is -2.13. The molecule has 0 amide bonds. The zero-order valence-electron chi connectivity index (χ0n) is 9.73. The van der Waals surface area contributed by atoms with Gasteiger partial charge in [0.2, 0.25) is 0 Å². The van der Waals surface area contributed by atoms with Gasteiger partial charge >= 0.3 is 0 Å². The SMILES string of the molecule is CC[C@H](C(=O)c1ccccc1C)S(C)(=O)=O. The number of hydrogen-bond donors (Lipinski definition) is 0. The monoisotopic (exact) mass is 240 g/mol. The van der Waals surface area contributed by atoms with Crippen molar-refractivity contribution in [3.8, 4) is 0 Å². The molecule has 0 aliphatic rings. The summed E-state index contributed by atoms with van der Waals surface area (Å²) in [7, 11) is -3.33. The van der Waals surface area contributed by atoms with Gasteiger partial charge in [-0.1, -0.05) is 31.2 Å². The van der Waals surface area contributed by atoms with Crippen molar-refractivity contribution in [1.82, 2.24) is 0 Å². The molecule has 0 spiro atoms. The highest BCUT2D eigenvalue weighted by Gasteiger charge is 2.28. The van der Waals surface area contributed by atoms with Gasteiger partial charge in [0.05, 0.1) is 0 Å². The van der Waals surface area contributed by atoms with E-state index in [1.807, 2.05) is 19.1 Å². The first-order chi connectivity index (χ1) is 7.38. The molecule has 1 aromatic carbocycles. The van der Waals surface area contributed by atoms with Gasteiger partial charge in [-0.05, 0) is 18.9 Å². The maximum absolute atomic E-state index is 12.1. The first-order valence-electron chi connectivity index (χ1n) is 5.16. The number of benzene rings is 1. The summed E-state index contributed by atoms with van der Waals surface area (Å²) in [6.45, 7) is 3.52. The summed E-state index contributed by atoms with van der Waals surface area (Å²) in [6.07, 6.45) is 1.42. The van der Waals surface area contributed by atoms with Crippen LogP contribution >= 0.6 is 0 Å². The molecule has 16 heavy (non-hydrogen) atoms. The van der Waals surface area contributed by atoms with Crippen LogP contribution < -0.4 is 0 Å². The molecule has 0 bridgehead atoms. The molecule has 88 valence electrons. The molecule has 0 N–H and O–H groups in total. The Morgan fingerprint density at radius 2 is 1.88 bits per heavy atom. The number of carbonyl (C=O) groups is 1. The molecule has 4 heteroatoms. The average molecular weight is 240 g/mol. The molecule has 0 saturated carbocycles. The summed E-state index contributed by atoms with van der Waals surface area (Å²) in [4.78, 5) is 12.1. The summed E-state index contributed by atoms with van der Waals surface area (Å²) in [5.41, 5.74) is 1.31. The van der Waals surface area contributed by atoms with Gasteiger partial charge in [0.15, 0.2) is 15.6 Å². The average Bonchev–Trinajstić information content (AvgIpc) is 2.17. The zero-order chi connectivity index (χ0) is 12.3. The lowest BCUT2D eigenvalue weighted by Crippen LogP contribution is -2.29. The van der Waals surface area contributed by atoms with E-state index in [0.29, 0.717) is 12.0 Å². The minimum absolute atomic E-state index is 0.303. The lowest BCUT2D eigenvalue weighted by atomic mass is 10.0. The third-order valence-electron chi connectivity index (χ3n) is 2.59. The third kappa shape index (κ3) is 2.70. The fourth-order valence-electron chi connectivity index (χ4n) is 1.71. The molecular weight excluding hydrogens is 224 g/mol. The Morgan fingerprint density at radius 3 is 2.31 bits per heavy atom. The fourth-order valence-corrected chi connectivity index (χ4v) is 2.83. The van der Waals surface area contributed by atoms with Gasteiger partial charge in [-0.3, -0.25) is 4.79 Å². The fraction of sp³-hybridized carbons (Fsp3) is 0.417. The second kappa shape index (κ2) is 4.78. The van der Waals surface area contributed by atoms with Gasteiger partial charge in [-0.2, -0.15) is 0 Å². The number of aryl methyl sites for hydroxylation is 1. The quantitative estimate of drug-likeness (QED) is 0.756. The number of ketones is 1. The Morgan fingerprint density at radius 1 is 1.31 bits per heavy atom. The van der Waals surface area contributed by atoms with E-state index in [1.54, 1.807) is 19.1 Å². The van der Waals surface area contributed by atoms with Crippen LogP contribution in [0.5, 0.6) is 0 Å². The minimum atomic E-state index is -3.33.